The van der Waals surface area contributed by atoms with Gasteiger partial charge >= 0.3 is 5.97 Å². The van der Waals surface area contributed by atoms with E-state index in [0.717, 1.165) is 0 Å². The van der Waals surface area contributed by atoms with E-state index in [9.17, 15) is 14.4 Å². The largest absolute Gasteiger partial charge is 0.426 e. The molecule has 2 amide bonds. The Morgan fingerprint density at radius 2 is 1.78 bits per heavy atom. The highest BCUT2D eigenvalue weighted by atomic mass is 35.5. The van der Waals surface area contributed by atoms with Crippen molar-refractivity contribution >= 4 is 35.1 Å². The quantitative estimate of drug-likeness (QED) is 0.664. The van der Waals surface area contributed by atoms with Crippen LogP contribution in [0.25, 0.3) is 0 Å². The third kappa shape index (κ3) is 4.08. The van der Waals surface area contributed by atoms with Gasteiger partial charge in [-0.2, -0.15) is 0 Å². The number of esters is 1. The van der Waals surface area contributed by atoms with Crippen molar-refractivity contribution in [3.8, 4) is 5.75 Å². The summed E-state index contributed by atoms with van der Waals surface area (Å²) in [6.45, 7) is 1.25. The molecule has 2 aromatic rings. The minimum Gasteiger partial charge on any atom is -0.426 e. The van der Waals surface area contributed by atoms with Crippen LogP contribution in [-0.4, -0.2) is 17.8 Å². The van der Waals surface area contributed by atoms with Crippen LogP contribution >= 0.6 is 11.6 Å². The number of nitrogens with one attached hydrogen (secondary N) is 1. The second-order valence-corrected chi connectivity index (χ2v) is 5.01. The Hall–Kier alpha value is -2.86. The lowest BCUT2D eigenvalue weighted by molar-refractivity contribution is -0.131. The first-order valence-corrected chi connectivity index (χ1v) is 6.94. The molecular weight excluding hydrogens is 320 g/mol. The van der Waals surface area contributed by atoms with Crippen molar-refractivity contribution in [2.75, 3.05) is 5.32 Å². The Balaban J connectivity index is 2.24. The van der Waals surface area contributed by atoms with Crippen molar-refractivity contribution < 1.29 is 19.1 Å². The number of hydrogen-bond acceptors (Lipinski definition) is 4. The number of hydrogen-bond donors (Lipinski definition) is 2. The predicted octanol–water partition coefficient (Wildman–Crippen LogP) is 2.62. The lowest BCUT2D eigenvalue weighted by atomic mass is 10.1. The number of para-hydroxylation sites is 1. The van der Waals surface area contributed by atoms with Gasteiger partial charge in [0.2, 0.25) is 5.91 Å². The van der Waals surface area contributed by atoms with E-state index in [1.54, 1.807) is 12.1 Å². The van der Waals surface area contributed by atoms with Gasteiger partial charge in [-0.15, -0.1) is 0 Å². The van der Waals surface area contributed by atoms with Crippen LogP contribution in [-0.2, 0) is 4.79 Å². The molecule has 0 bridgehead atoms. The molecule has 23 heavy (non-hydrogen) atoms. The Kier molecular flexibility index (Phi) is 4.98. The molecule has 0 aromatic heterocycles. The summed E-state index contributed by atoms with van der Waals surface area (Å²) in [6, 6.07) is 10.6. The molecular formula is C16H13ClN2O4. The van der Waals surface area contributed by atoms with Gasteiger partial charge in [0.05, 0.1) is 16.1 Å². The van der Waals surface area contributed by atoms with Crippen LogP contribution in [0.2, 0.25) is 5.02 Å². The fourth-order valence-corrected chi connectivity index (χ4v) is 2.16. The van der Waals surface area contributed by atoms with Gasteiger partial charge in [0.1, 0.15) is 5.75 Å². The molecule has 0 aliphatic rings. The number of halogens is 1. The molecule has 0 saturated heterocycles. The van der Waals surface area contributed by atoms with Gasteiger partial charge in [-0.05, 0) is 30.3 Å². The normalized spacial score (nSPS) is 10.0. The number of carbonyl (C=O) groups is 3. The van der Waals surface area contributed by atoms with Crippen molar-refractivity contribution in [2.45, 2.75) is 6.92 Å². The smallest absolute Gasteiger partial charge is 0.308 e. The third-order valence-corrected chi connectivity index (χ3v) is 3.19. The Bertz CT molecular complexity index is 789. The molecule has 0 aliphatic carbocycles. The first kappa shape index (κ1) is 16.5. The number of primary amides is 1. The molecule has 0 spiro atoms. The maximum Gasteiger partial charge on any atom is 0.308 e. The van der Waals surface area contributed by atoms with E-state index in [4.69, 9.17) is 22.1 Å². The SMILES string of the molecule is CC(=O)Oc1ccccc1C(=O)Nc1ccc(C(N)=O)c(Cl)c1. The standard InChI is InChI=1S/C16H13ClN2O4/c1-9(20)23-14-5-3-2-4-12(14)16(22)19-10-6-7-11(15(18)21)13(17)8-10/h2-8H,1H3,(H2,18,21)(H,19,22). The van der Waals surface area contributed by atoms with E-state index < -0.39 is 17.8 Å². The summed E-state index contributed by atoms with van der Waals surface area (Å²) in [7, 11) is 0. The molecule has 2 aromatic carbocycles. The number of nitrogens with two attached hydrogens (primary N) is 1. The zero-order chi connectivity index (χ0) is 17.0. The molecule has 0 atom stereocenters. The zero-order valence-corrected chi connectivity index (χ0v) is 12.9. The lowest BCUT2D eigenvalue weighted by Gasteiger charge is -2.10. The van der Waals surface area contributed by atoms with Gasteiger partial charge in [-0.3, -0.25) is 14.4 Å². The Morgan fingerprint density at radius 1 is 1.09 bits per heavy atom. The summed E-state index contributed by atoms with van der Waals surface area (Å²) in [5.74, 6) is -1.52. The maximum absolute atomic E-state index is 12.3. The Labute approximate surface area is 137 Å². The second-order valence-electron chi connectivity index (χ2n) is 4.60. The highest BCUT2D eigenvalue weighted by Gasteiger charge is 2.15. The molecule has 118 valence electrons. The highest BCUT2D eigenvalue weighted by Crippen LogP contribution is 2.23. The van der Waals surface area contributed by atoms with E-state index in [2.05, 4.69) is 5.32 Å². The summed E-state index contributed by atoms with van der Waals surface area (Å²) < 4.78 is 4.99. The molecule has 6 nitrogen and oxygen atoms in total. The zero-order valence-electron chi connectivity index (χ0n) is 12.1. The monoisotopic (exact) mass is 332 g/mol. The first-order chi connectivity index (χ1) is 10.9. The van der Waals surface area contributed by atoms with Crippen LogP contribution in [0.1, 0.15) is 27.6 Å². The lowest BCUT2D eigenvalue weighted by Crippen LogP contribution is -2.15. The molecule has 0 unspecified atom stereocenters. The average Bonchev–Trinajstić information content (AvgIpc) is 2.46. The average molecular weight is 333 g/mol. The van der Waals surface area contributed by atoms with Crippen LogP contribution in [0.4, 0.5) is 5.69 Å². The number of ether oxygens (including phenoxy) is 1. The van der Waals surface area contributed by atoms with E-state index in [-0.39, 0.29) is 21.9 Å². The van der Waals surface area contributed by atoms with Crippen molar-refractivity contribution in [1.29, 1.82) is 0 Å². The molecule has 0 radical (unpaired) electrons. The van der Waals surface area contributed by atoms with Crippen LogP contribution < -0.4 is 15.8 Å². The van der Waals surface area contributed by atoms with E-state index >= 15 is 0 Å². The van der Waals surface area contributed by atoms with E-state index in [1.807, 2.05) is 0 Å². The van der Waals surface area contributed by atoms with Gasteiger partial charge in [-0.1, -0.05) is 23.7 Å². The number of rotatable bonds is 4. The van der Waals surface area contributed by atoms with Gasteiger partial charge in [0, 0.05) is 12.6 Å². The minimum absolute atomic E-state index is 0.128. The van der Waals surface area contributed by atoms with Gasteiger partial charge in [0.15, 0.2) is 0 Å². The summed E-state index contributed by atoms with van der Waals surface area (Å²) >= 11 is 5.93. The number of carbonyl (C=O) groups excluding carboxylic acids is 3. The summed E-state index contributed by atoms with van der Waals surface area (Å²) in [6.07, 6.45) is 0. The molecule has 7 heteroatoms. The number of anilines is 1. The summed E-state index contributed by atoms with van der Waals surface area (Å²) in [5.41, 5.74) is 5.89. The third-order valence-electron chi connectivity index (χ3n) is 2.88. The maximum atomic E-state index is 12.3. The first-order valence-electron chi connectivity index (χ1n) is 6.56. The van der Waals surface area contributed by atoms with Crippen LogP contribution in [0, 0.1) is 0 Å². The van der Waals surface area contributed by atoms with E-state index in [0.29, 0.717) is 5.69 Å². The molecule has 2 rings (SSSR count). The van der Waals surface area contributed by atoms with Gasteiger partial charge in [-0.25, -0.2) is 0 Å². The second kappa shape index (κ2) is 6.93. The van der Waals surface area contributed by atoms with Crippen LogP contribution in [0.5, 0.6) is 5.75 Å². The fraction of sp³-hybridized carbons (Fsp3) is 0.0625. The number of benzene rings is 2. The number of amides is 2. The van der Waals surface area contributed by atoms with Crippen molar-refractivity contribution in [1.82, 2.24) is 0 Å². The molecule has 3 N–H and O–H groups in total. The Morgan fingerprint density at radius 3 is 2.39 bits per heavy atom. The van der Waals surface area contributed by atoms with Gasteiger partial charge in [0.25, 0.3) is 5.91 Å². The molecule has 0 aliphatic heterocycles. The molecule has 0 heterocycles. The summed E-state index contributed by atoms with van der Waals surface area (Å²) in [5, 5.41) is 2.74. The molecule has 0 saturated carbocycles. The fourth-order valence-electron chi connectivity index (χ4n) is 1.89. The molecule has 0 fully saturated rings. The van der Waals surface area contributed by atoms with E-state index in [1.165, 1.54) is 37.3 Å². The summed E-state index contributed by atoms with van der Waals surface area (Å²) in [4.78, 5) is 34.5. The van der Waals surface area contributed by atoms with Crippen LogP contribution in [0.3, 0.4) is 0 Å². The predicted molar refractivity (Wildman–Crippen MR) is 85.7 cm³/mol. The highest BCUT2D eigenvalue weighted by molar-refractivity contribution is 6.34. The van der Waals surface area contributed by atoms with Crippen molar-refractivity contribution in [3.63, 3.8) is 0 Å². The minimum atomic E-state index is -0.659. The topological polar surface area (TPSA) is 98.5 Å². The van der Waals surface area contributed by atoms with Gasteiger partial charge < -0.3 is 15.8 Å². The van der Waals surface area contributed by atoms with Crippen molar-refractivity contribution in [2.24, 2.45) is 5.73 Å². The van der Waals surface area contributed by atoms with Crippen LogP contribution in [0.15, 0.2) is 42.5 Å². The van der Waals surface area contributed by atoms with Crippen molar-refractivity contribution in [3.05, 3.63) is 58.6 Å².